The molecule has 1 unspecified atom stereocenters. The second-order valence-corrected chi connectivity index (χ2v) is 14.1. The summed E-state index contributed by atoms with van der Waals surface area (Å²) < 4.78 is 9.87. The number of phenolic OH excluding ortho intramolecular Hbond substituents is 1. The van der Waals surface area contributed by atoms with Crippen LogP contribution >= 0.6 is 0 Å². The third-order valence-corrected chi connectivity index (χ3v) is 11.0. The number of carbonyl (C=O) groups is 1. The van der Waals surface area contributed by atoms with Crippen molar-refractivity contribution in [1.29, 1.82) is 0 Å². The lowest BCUT2D eigenvalue weighted by molar-refractivity contribution is -0.679. The smallest absolute Gasteiger partial charge is 0.200 e. The molecule has 0 spiro atoms. The van der Waals surface area contributed by atoms with Gasteiger partial charge in [-0.15, -0.1) is 0 Å². The van der Waals surface area contributed by atoms with Gasteiger partial charge in [0.05, 0.1) is 48.4 Å². The summed E-state index contributed by atoms with van der Waals surface area (Å²) in [6, 6.07) is 14.4. The summed E-state index contributed by atoms with van der Waals surface area (Å²) in [6.45, 7) is 2.98. The largest absolute Gasteiger partial charge is 0.504 e. The Hall–Kier alpha value is -6.17. The molecular formula is C43H40N4O7+2. The van der Waals surface area contributed by atoms with E-state index in [2.05, 4.69) is 10.6 Å². The second kappa shape index (κ2) is 13.0. The van der Waals surface area contributed by atoms with E-state index in [1.165, 1.54) is 26.2 Å². The van der Waals surface area contributed by atoms with Gasteiger partial charge in [0.15, 0.2) is 46.1 Å². The van der Waals surface area contributed by atoms with Crippen LogP contribution in [0.4, 0.5) is 11.4 Å². The van der Waals surface area contributed by atoms with Gasteiger partial charge in [0.1, 0.15) is 33.0 Å². The molecule has 11 nitrogen and oxygen atoms in total. The van der Waals surface area contributed by atoms with Crippen molar-refractivity contribution in [2.45, 2.75) is 46.1 Å². The number of hydrogen-bond acceptors (Lipinski definition) is 9. The van der Waals surface area contributed by atoms with Gasteiger partial charge in [-0.1, -0.05) is 23.8 Å². The maximum atomic E-state index is 14.6. The summed E-state index contributed by atoms with van der Waals surface area (Å²) in [5.41, 5.74) is 4.36. The number of ether oxygens (including phenoxy) is 1. The molecule has 0 aliphatic heterocycles. The zero-order valence-corrected chi connectivity index (χ0v) is 30.6. The molecule has 0 bridgehead atoms. The lowest BCUT2D eigenvalue weighted by Gasteiger charge is -2.26. The minimum absolute atomic E-state index is 0.0139. The number of aliphatic hydroxyl groups is 2. The fourth-order valence-corrected chi connectivity index (χ4v) is 8.65. The van der Waals surface area contributed by atoms with E-state index in [0.717, 1.165) is 11.4 Å². The predicted molar refractivity (Wildman–Crippen MR) is 208 cm³/mol. The summed E-state index contributed by atoms with van der Waals surface area (Å²) in [7, 11) is 5.28. The van der Waals surface area contributed by atoms with Crippen molar-refractivity contribution in [3.63, 3.8) is 0 Å². The molecule has 5 N–H and O–H groups in total. The molecule has 2 heterocycles. The van der Waals surface area contributed by atoms with Crippen LogP contribution in [0.3, 0.4) is 0 Å². The monoisotopic (exact) mass is 724 g/mol. The first-order chi connectivity index (χ1) is 26.0. The highest BCUT2D eigenvalue weighted by Gasteiger charge is 2.37. The van der Waals surface area contributed by atoms with Gasteiger partial charge in [-0.3, -0.25) is 14.4 Å². The number of benzene rings is 5. The molecule has 0 saturated carbocycles. The Morgan fingerprint density at radius 3 is 1.81 bits per heavy atom. The van der Waals surface area contributed by atoms with E-state index >= 15 is 0 Å². The van der Waals surface area contributed by atoms with E-state index in [-0.39, 0.29) is 27.9 Å². The highest BCUT2D eigenvalue weighted by Crippen LogP contribution is 2.57. The number of aromatic hydroxyl groups is 1. The average Bonchev–Trinajstić information content (AvgIpc) is 3.28. The van der Waals surface area contributed by atoms with Crippen molar-refractivity contribution in [3.8, 4) is 11.5 Å². The SMILES string of the molecule is COc1c(O)c2c(=O)cc(CO)c3c4c(CO)cc(=O)c5c(NCc6cccc[n+]6C)c(NCc6cccc[n+]6C)c6c(c(c1C(C(C)=O)C(C)=C6)c23)c54. The van der Waals surface area contributed by atoms with Crippen LogP contribution in [-0.4, -0.2) is 28.2 Å². The highest BCUT2D eigenvalue weighted by molar-refractivity contribution is 6.40. The Kier molecular flexibility index (Phi) is 8.43. The van der Waals surface area contributed by atoms with Gasteiger partial charge in [-0.2, -0.15) is 0 Å². The highest BCUT2D eigenvalue weighted by atomic mass is 16.5. The van der Waals surface area contributed by atoms with Crippen molar-refractivity contribution in [3.05, 3.63) is 121 Å². The molecule has 0 fully saturated rings. The van der Waals surface area contributed by atoms with Crippen molar-refractivity contribution in [2.75, 3.05) is 17.7 Å². The van der Waals surface area contributed by atoms with Crippen LogP contribution in [0.5, 0.6) is 11.5 Å². The fraction of sp³-hybridized carbons (Fsp3) is 0.233. The number of carbonyl (C=O) groups excluding carboxylic acids is 1. The van der Waals surface area contributed by atoms with Gasteiger partial charge in [0.2, 0.25) is 0 Å². The van der Waals surface area contributed by atoms with Gasteiger partial charge in [0.25, 0.3) is 0 Å². The van der Waals surface area contributed by atoms with Crippen LogP contribution < -0.4 is 35.4 Å². The number of aromatic nitrogens is 2. The van der Waals surface area contributed by atoms with Gasteiger partial charge in [0, 0.05) is 51.6 Å². The van der Waals surface area contributed by atoms with Crippen LogP contribution in [-0.2, 0) is 45.2 Å². The van der Waals surface area contributed by atoms with Crippen molar-refractivity contribution in [1.82, 2.24) is 0 Å². The number of aliphatic hydroxyl groups excluding tert-OH is 2. The molecule has 1 atom stereocenters. The van der Waals surface area contributed by atoms with Gasteiger partial charge in [-0.05, 0) is 53.3 Å². The first-order valence-corrected chi connectivity index (χ1v) is 17.7. The Balaban J connectivity index is 1.67. The van der Waals surface area contributed by atoms with E-state index in [9.17, 15) is 29.7 Å². The predicted octanol–water partition coefficient (Wildman–Crippen LogP) is 4.56. The molecule has 0 saturated heterocycles. The molecule has 1 aliphatic carbocycles. The Morgan fingerprint density at radius 2 is 1.30 bits per heavy atom. The van der Waals surface area contributed by atoms with Crippen LogP contribution in [0.25, 0.3) is 49.2 Å². The van der Waals surface area contributed by atoms with Crippen LogP contribution in [0.15, 0.2) is 76.1 Å². The molecular weight excluding hydrogens is 684 g/mol. The quantitative estimate of drug-likeness (QED) is 0.0777. The lowest BCUT2D eigenvalue weighted by atomic mass is 9.79. The number of aryl methyl sites for hydroxylation is 2. The summed E-state index contributed by atoms with van der Waals surface area (Å²) in [5.74, 6) is -1.55. The number of hydrogen-bond donors (Lipinski definition) is 5. The average molecular weight is 725 g/mol. The Bertz CT molecular complexity index is 2870. The Morgan fingerprint density at radius 1 is 0.759 bits per heavy atom. The molecule has 7 aromatic rings. The van der Waals surface area contributed by atoms with E-state index < -0.39 is 30.3 Å². The first-order valence-electron chi connectivity index (χ1n) is 17.7. The minimum Gasteiger partial charge on any atom is -0.504 e. The number of pyridine rings is 2. The van der Waals surface area contributed by atoms with Crippen molar-refractivity contribution < 1.29 is 34.0 Å². The van der Waals surface area contributed by atoms with Crippen LogP contribution in [0.1, 0.15) is 53.4 Å². The van der Waals surface area contributed by atoms with Gasteiger partial charge >= 0.3 is 0 Å². The van der Waals surface area contributed by atoms with E-state index in [1.54, 1.807) is 0 Å². The van der Waals surface area contributed by atoms with Crippen LogP contribution in [0, 0.1) is 0 Å². The molecule has 0 radical (unpaired) electrons. The van der Waals surface area contributed by atoms with Crippen LogP contribution in [0.2, 0.25) is 0 Å². The summed E-state index contributed by atoms with van der Waals surface area (Å²) in [4.78, 5) is 42.4. The number of nitrogens with one attached hydrogen (secondary N) is 2. The number of phenols is 1. The zero-order valence-electron chi connectivity index (χ0n) is 30.6. The number of fused-ring (bicyclic) bond motifs is 1. The second-order valence-electron chi connectivity index (χ2n) is 14.1. The Labute approximate surface area is 309 Å². The number of methoxy groups -OCH3 is 1. The maximum Gasteiger partial charge on any atom is 0.200 e. The fourth-order valence-electron chi connectivity index (χ4n) is 8.65. The summed E-state index contributed by atoms with van der Waals surface area (Å²) in [5, 5.41) is 43.9. The molecule has 54 heavy (non-hydrogen) atoms. The third-order valence-electron chi connectivity index (χ3n) is 11.0. The standard InChI is InChI=1S/C43H38N4O7/c1-21-14-27-33-36-31(32-24(20-49)16-29(52)35-37(32)38(33)39(30(21)22(2)50)43(54-5)42(35)53)23(19-48)15-28(51)34(36)41(45-18-26-11-7-9-13-47(26)4)40(27)44-17-25-10-6-8-12-46(25)3/h6-16,30,48-49H,17-20H2,1-5H3,(H-2,44,45,51,52,53)/p+2. The molecule has 11 heteroatoms. The molecule has 0 amide bonds. The summed E-state index contributed by atoms with van der Waals surface area (Å²) >= 11 is 0. The molecule has 1 aliphatic rings. The number of ketones is 1. The normalized spacial score (nSPS) is 14.0. The van der Waals surface area contributed by atoms with Crippen molar-refractivity contribution >= 4 is 66.3 Å². The van der Waals surface area contributed by atoms with E-state index in [4.69, 9.17) is 4.74 Å². The third kappa shape index (κ3) is 4.99. The molecule has 8 rings (SSSR count). The number of Topliss-reactive ketones (excluding diaryl/α,β-unsaturated/α-hetero) is 1. The number of allylic oxidation sites excluding steroid dienone is 1. The van der Waals surface area contributed by atoms with Crippen molar-refractivity contribution in [2.24, 2.45) is 14.1 Å². The number of anilines is 2. The number of rotatable bonds is 10. The van der Waals surface area contributed by atoms with Gasteiger partial charge in [-0.25, -0.2) is 9.13 Å². The van der Waals surface area contributed by atoms with Gasteiger partial charge < -0.3 is 30.7 Å². The topological polar surface area (TPSA) is 153 Å². The molecule has 272 valence electrons. The first kappa shape index (κ1) is 34.9. The van der Waals surface area contributed by atoms with E-state index in [1.807, 2.05) is 85.0 Å². The summed E-state index contributed by atoms with van der Waals surface area (Å²) in [6.07, 6.45) is 5.83. The lowest BCUT2D eigenvalue weighted by Crippen LogP contribution is -2.34. The number of nitrogens with zero attached hydrogens (tertiary/aromatic N) is 2. The minimum atomic E-state index is -0.901. The van der Waals surface area contributed by atoms with E-state index in [0.29, 0.717) is 84.4 Å². The molecule has 5 aromatic carbocycles. The zero-order chi connectivity index (χ0) is 38.2. The molecule has 2 aromatic heterocycles. The maximum absolute atomic E-state index is 14.6.